The van der Waals surface area contributed by atoms with E-state index < -0.39 is 0 Å². The van der Waals surface area contributed by atoms with Crippen molar-refractivity contribution in [3.63, 3.8) is 0 Å². The minimum Gasteiger partial charge on any atom is -0.422 e. The molecule has 0 radical (unpaired) electrons. The van der Waals surface area contributed by atoms with E-state index in [1.165, 1.54) is 44.9 Å². The molecule has 5 heteroatoms. The van der Waals surface area contributed by atoms with Crippen LogP contribution in [0, 0.1) is 0 Å². The predicted molar refractivity (Wildman–Crippen MR) is 118 cm³/mol. The summed E-state index contributed by atoms with van der Waals surface area (Å²) in [6, 6.07) is 8.83. The molecule has 0 spiro atoms. The Bertz CT molecular complexity index is 889. The first-order valence-corrected chi connectivity index (χ1v) is 11.6. The van der Waals surface area contributed by atoms with E-state index in [9.17, 15) is 4.79 Å². The molecule has 0 amide bonds. The highest BCUT2D eigenvalue weighted by Crippen LogP contribution is 2.32. The van der Waals surface area contributed by atoms with Crippen molar-refractivity contribution in [3.8, 4) is 0 Å². The Morgan fingerprint density at radius 3 is 2.34 bits per heavy atom. The molecule has 2 saturated heterocycles. The summed E-state index contributed by atoms with van der Waals surface area (Å²) in [7, 11) is 0. The number of hydrogen-bond acceptors (Lipinski definition) is 5. The van der Waals surface area contributed by atoms with Gasteiger partial charge < -0.3 is 9.32 Å². The van der Waals surface area contributed by atoms with Gasteiger partial charge in [-0.05, 0) is 50.9 Å². The van der Waals surface area contributed by atoms with Crippen molar-refractivity contribution in [1.82, 2.24) is 9.80 Å². The summed E-state index contributed by atoms with van der Waals surface area (Å²) in [5, 5.41) is 1.09. The molecule has 3 aliphatic rings. The first kappa shape index (κ1) is 19.1. The van der Waals surface area contributed by atoms with E-state index in [2.05, 4.69) is 26.8 Å². The standard InChI is InChI=1S/C24H33N3O2/c28-24-21(18-25-12-6-7-13-25)23(20-10-4-5-11-22(20)29-24)27-16-14-26(15-17-27)19-8-2-1-3-9-19/h4-5,10-11,19H,1-3,6-9,12-18H2. The summed E-state index contributed by atoms with van der Waals surface area (Å²) in [6.45, 7) is 7.08. The molecule has 0 atom stereocenters. The van der Waals surface area contributed by atoms with Gasteiger partial charge in [-0.3, -0.25) is 9.80 Å². The number of para-hydroxylation sites is 1. The minimum atomic E-state index is -0.152. The average molecular weight is 396 g/mol. The van der Waals surface area contributed by atoms with Gasteiger partial charge in [0.1, 0.15) is 5.58 Å². The van der Waals surface area contributed by atoms with E-state index in [4.69, 9.17) is 4.42 Å². The molecule has 29 heavy (non-hydrogen) atoms. The summed E-state index contributed by atoms with van der Waals surface area (Å²) in [4.78, 5) is 20.5. The van der Waals surface area contributed by atoms with Crippen molar-refractivity contribution in [2.75, 3.05) is 44.2 Å². The molecule has 5 rings (SSSR count). The Labute approximate surface area is 173 Å². The molecular formula is C24H33N3O2. The highest BCUT2D eigenvalue weighted by molar-refractivity contribution is 5.92. The van der Waals surface area contributed by atoms with Crippen molar-refractivity contribution < 1.29 is 4.42 Å². The van der Waals surface area contributed by atoms with Gasteiger partial charge >= 0.3 is 5.63 Å². The number of anilines is 1. The molecule has 2 aliphatic heterocycles. The van der Waals surface area contributed by atoms with Gasteiger partial charge in [0, 0.05) is 44.2 Å². The molecule has 3 fully saturated rings. The van der Waals surface area contributed by atoms with Crippen molar-refractivity contribution in [2.24, 2.45) is 0 Å². The molecule has 5 nitrogen and oxygen atoms in total. The van der Waals surface area contributed by atoms with Crippen LogP contribution in [0.25, 0.3) is 11.0 Å². The smallest absolute Gasteiger partial charge is 0.342 e. The predicted octanol–water partition coefficient (Wildman–Crippen LogP) is 3.84. The van der Waals surface area contributed by atoms with Crippen LogP contribution < -0.4 is 10.5 Å². The molecular weight excluding hydrogens is 362 g/mol. The van der Waals surface area contributed by atoms with Crippen molar-refractivity contribution in [1.29, 1.82) is 0 Å². The van der Waals surface area contributed by atoms with Gasteiger partial charge in [0.05, 0.1) is 11.3 Å². The lowest BCUT2D eigenvalue weighted by atomic mass is 9.93. The average Bonchev–Trinajstić information content (AvgIpc) is 3.28. The molecule has 0 N–H and O–H groups in total. The number of piperazine rings is 1. The first-order valence-electron chi connectivity index (χ1n) is 11.6. The molecule has 1 aromatic carbocycles. The van der Waals surface area contributed by atoms with E-state index in [1.54, 1.807) is 0 Å². The number of hydrogen-bond donors (Lipinski definition) is 0. The second-order valence-electron chi connectivity index (χ2n) is 9.01. The maximum Gasteiger partial charge on any atom is 0.342 e. The highest BCUT2D eigenvalue weighted by atomic mass is 16.4. The van der Waals surface area contributed by atoms with E-state index >= 15 is 0 Å². The lowest BCUT2D eigenvalue weighted by molar-refractivity contribution is 0.148. The van der Waals surface area contributed by atoms with E-state index in [0.717, 1.165) is 61.9 Å². The zero-order valence-corrected chi connectivity index (χ0v) is 17.4. The van der Waals surface area contributed by atoms with Crippen molar-refractivity contribution >= 4 is 16.7 Å². The molecule has 1 aliphatic carbocycles. The Balaban J connectivity index is 1.44. The molecule has 0 bridgehead atoms. The van der Waals surface area contributed by atoms with Crippen LogP contribution in [0.4, 0.5) is 5.69 Å². The van der Waals surface area contributed by atoms with Crippen molar-refractivity contribution in [3.05, 3.63) is 40.2 Å². The van der Waals surface area contributed by atoms with E-state index in [0.29, 0.717) is 12.1 Å². The van der Waals surface area contributed by atoms with E-state index in [1.807, 2.05) is 12.1 Å². The quantitative estimate of drug-likeness (QED) is 0.736. The Hall–Kier alpha value is -1.85. The maximum atomic E-state index is 13.0. The lowest BCUT2D eigenvalue weighted by Gasteiger charge is -2.42. The normalized spacial score (nSPS) is 22.6. The number of benzene rings is 1. The van der Waals surface area contributed by atoms with Gasteiger partial charge in [-0.2, -0.15) is 0 Å². The van der Waals surface area contributed by atoms with Gasteiger partial charge in [0.15, 0.2) is 0 Å². The van der Waals surface area contributed by atoms with Crippen LogP contribution in [0.5, 0.6) is 0 Å². The van der Waals surface area contributed by atoms with Gasteiger partial charge in [-0.25, -0.2) is 4.79 Å². The van der Waals surface area contributed by atoms with Crippen LogP contribution in [0.15, 0.2) is 33.5 Å². The fraction of sp³-hybridized carbons (Fsp3) is 0.625. The number of nitrogens with zero attached hydrogens (tertiary/aromatic N) is 3. The van der Waals surface area contributed by atoms with Crippen LogP contribution in [0.3, 0.4) is 0 Å². The summed E-state index contributed by atoms with van der Waals surface area (Å²) in [5.74, 6) is 0. The monoisotopic (exact) mass is 395 g/mol. The SMILES string of the molecule is O=c1oc2ccccc2c(N2CCN(C3CCCCC3)CC2)c1CN1CCCC1. The van der Waals surface area contributed by atoms with Crippen LogP contribution in [0.1, 0.15) is 50.5 Å². The molecule has 1 aromatic heterocycles. The first-order chi connectivity index (χ1) is 14.3. The van der Waals surface area contributed by atoms with Crippen LogP contribution >= 0.6 is 0 Å². The van der Waals surface area contributed by atoms with Gasteiger partial charge in [-0.15, -0.1) is 0 Å². The Kier molecular flexibility index (Phi) is 5.60. The third-order valence-corrected chi connectivity index (χ3v) is 7.18. The summed E-state index contributed by atoms with van der Waals surface area (Å²) in [5.41, 5.74) is 2.55. The summed E-state index contributed by atoms with van der Waals surface area (Å²) >= 11 is 0. The Morgan fingerprint density at radius 1 is 0.862 bits per heavy atom. The topological polar surface area (TPSA) is 39.9 Å². The third-order valence-electron chi connectivity index (χ3n) is 7.18. The lowest BCUT2D eigenvalue weighted by Crippen LogP contribution is -2.51. The molecule has 3 heterocycles. The number of fused-ring (bicyclic) bond motifs is 1. The van der Waals surface area contributed by atoms with Crippen LogP contribution in [-0.4, -0.2) is 55.1 Å². The molecule has 156 valence electrons. The summed E-state index contributed by atoms with van der Waals surface area (Å²) < 4.78 is 5.73. The van der Waals surface area contributed by atoms with Crippen LogP contribution in [0.2, 0.25) is 0 Å². The third kappa shape index (κ3) is 3.95. The number of likely N-dealkylation sites (tertiary alicyclic amines) is 1. The Morgan fingerprint density at radius 2 is 1.59 bits per heavy atom. The van der Waals surface area contributed by atoms with E-state index in [-0.39, 0.29) is 5.63 Å². The molecule has 0 unspecified atom stereocenters. The van der Waals surface area contributed by atoms with Crippen LogP contribution in [-0.2, 0) is 6.54 Å². The van der Waals surface area contributed by atoms with Crippen molar-refractivity contribution in [2.45, 2.75) is 57.5 Å². The zero-order valence-electron chi connectivity index (χ0n) is 17.4. The minimum absolute atomic E-state index is 0.152. The molecule has 1 saturated carbocycles. The maximum absolute atomic E-state index is 13.0. The second-order valence-corrected chi connectivity index (χ2v) is 9.01. The fourth-order valence-corrected chi connectivity index (χ4v) is 5.59. The summed E-state index contributed by atoms with van der Waals surface area (Å²) in [6.07, 6.45) is 9.35. The van der Waals surface area contributed by atoms with Gasteiger partial charge in [0.2, 0.25) is 0 Å². The highest BCUT2D eigenvalue weighted by Gasteiger charge is 2.28. The fourth-order valence-electron chi connectivity index (χ4n) is 5.59. The van der Waals surface area contributed by atoms with Gasteiger partial charge in [0.25, 0.3) is 0 Å². The number of rotatable bonds is 4. The molecule has 2 aromatic rings. The second kappa shape index (κ2) is 8.49. The largest absolute Gasteiger partial charge is 0.422 e. The zero-order chi connectivity index (χ0) is 19.6. The van der Waals surface area contributed by atoms with Gasteiger partial charge in [-0.1, -0.05) is 31.4 Å².